The van der Waals surface area contributed by atoms with E-state index < -0.39 is 0 Å². The summed E-state index contributed by atoms with van der Waals surface area (Å²) in [5, 5.41) is 15.9. The SMILES string of the molecule is COCCn1cnnc1C1CCC(NC(=O)c2cc(-c3ccncc3)n3ncnc(N)c23)CC1. The van der Waals surface area contributed by atoms with E-state index in [1.807, 2.05) is 18.2 Å². The lowest BCUT2D eigenvalue weighted by Crippen LogP contribution is -2.37. The summed E-state index contributed by atoms with van der Waals surface area (Å²) in [7, 11) is 1.69. The minimum absolute atomic E-state index is 0.0734. The van der Waals surface area contributed by atoms with Crippen molar-refractivity contribution in [2.45, 2.75) is 44.2 Å². The summed E-state index contributed by atoms with van der Waals surface area (Å²) >= 11 is 0. The summed E-state index contributed by atoms with van der Waals surface area (Å²) in [5.41, 5.74) is 8.77. The van der Waals surface area contributed by atoms with Crippen LogP contribution in [0.5, 0.6) is 0 Å². The zero-order valence-electron chi connectivity index (χ0n) is 19.0. The average Bonchev–Trinajstić information content (AvgIpc) is 3.49. The number of nitrogens with one attached hydrogen (secondary N) is 1. The van der Waals surface area contributed by atoms with Crippen molar-refractivity contribution in [1.29, 1.82) is 0 Å². The van der Waals surface area contributed by atoms with Gasteiger partial charge in [-0.2, -0.15) is 5.10 Å². The molecule has 34 heavy (non-hydrogen) atoms. The van der Waals surface area contributed by atoms with Crippen molar-refractivity contribution in [3.05, 3.63) is 54.6 Å². The lowest BCUT2D eigenvalue weighted by molar-refractivity contribution is 0.0927. The van der Waals surface area contributed by atoms with E-state index in [0.29, 0.717) is 23.6 Å². The predicted molar refractivity (Wildman–Crippen MR) is 125 cm³/mol. The Bertz CT molecular complexity index is 1280. The Balaban J connectivity index is 1.31. The van der Waals surface area contributed by atoms with Crippen molar-refractivity contribution in [2.24, 2.45) is 0 Å². The molecular weight excluding hydrogens is 434 g/mol. The molecule has 4 aromatic heterocycles. The van der Waals surface area contributed by atoms with Crippen LogP contribution in [0.15, 0.2) is 43.2 Å². The number of aromatic nitrogens is 7. The van der Waals surface area contributed by atoms with E-state index >= 15 is 0 Å². The minimum atomic E-state index is -0.175. The number of nitrogen functional groups attached to an aromatic ring is 1. The molecule has 0 saturated heterocycles. The number of hydrogen-bond donors (Lipinski definition) is 2. The van der Waals surface area contributed by atoms with Crippen LogP contribution in [0.3, 0.4) is 0 Å². The number of amides is 1. The van der Waals surface area contributed by atoms with Crippen LogP contribution in [0.25, 0.3) is 16.8 Å². The van der Waals surface area contributed by atoms with Gasteiger partial charge in [-0.05, 0) is 43.9 Å². The zero-order chi connectivity index (χ0) is 23.5. The molecule has 176 valence electrons. The molecule has 1 saturated carbocycles. The second kappa shape index (κ2) is 9.56. The van der Waals surface area contributed by atoms with Crippen LogP contribution in [0, 0.1) is 0 Å². The summed E-state index contributed by atoms with van der Waals surface area (Å²) in [4.78, 5) is 21.5. The normalized spacial score (nSPS) is 18.3. The maximum Gasteiger partial charge on any atom is 0.253 e. The Morgan fingerprint density at radius 1 is 1.24 bits per heavy atom. The monoisotopic (exact) mass is 461 g/mol. The first kappa shape index (κ1) is 22.0. The van der Waals surface area contributed by atoms with Gasteiger partial charge in [-0.15, -0.1) is 10.2 Å². The van der Waals surface area contributed by atoms with Gasteiger partial charge < -0.3 is 20.4 Å². The highest BCUT2D eigenvalue weighted by Crippen LogP contribution is 2.33. The fraction of sp³-hybridized carbons (Fsp3) is 0.391. The molecule has 0 atom stereocenters. The van der Waals surface area contributed by atoms with Crippen molar-refractivity contribution >= 4 is 17.2 Å². The summed E-state index contributed by atoms with van der Waals surface area (Å²) < 4.78 is 8.91. The van der Waals surface area contributed by atoms with Gasteiger partial charge in [0.05, 0.1) is 17.9 Å². The lowest BCUT2D eigenvalue weighted by Gasteiger charge is -2.28. The lowest BCUT2D eigenvalue weighted by atomic mass is 9.85. The highest BCUT2D eigenvalue weighted by Gasteiger charge is 2.28. The second-order valence-corrected chi connectivity index (χ2v) is 8.48. The molecule has 1 fully saturated rings. The topological polar surface area (TPSA) is 138 Å². The predicted octanol–water partition coefficient (Wildman–Crippen LogP) is 2.07. The number of carbonyl (C=O) groups excluding carboxylic acids is 1. The van der Waals surface area contributed by atoms with Crippen LogP contribution in [-0.2, 0) is 11.3 Å². The summed E-state index contributed by atoms with van der Waals surface area (Å²) in [6.45, 7) is 1.36. The van der Waals surface area contributed by atoms with E-state index in [4.69, 9.17) is 10.5 Å². The van der Waals surface area contributed by atoms with Crippen LogP contribution in [0.2, 0.25) is 0 Å². The standard InChI is InChI=1S/C23H27N9O2/c1-34-11-10-31-14-27-30-22(31)16-2-4-17(5-3-16)29-23(33)18-12-19(15-6-8-25-9-7-15)32-20(18)21(24)26-13-28-32/h6-9,12-14,16-17H,2-5,10-11H2,1H3,(H,29,33)(H2,24,26,28). The third-order valence-corrected chi connectivity index (χ3v) is 6.41. The molecule has 4 heterocycles. The summed E-state index contributed by atoms with van der Waals surface area (Å²) in [6.07, 6.45) is 10.1. The first-order chi connectivity index (χ1) is 16.7. The fourth-order valence-electron chi connectivity index (χ4n) is 4.67. The molecule has 11 heteroatoms. The van der Waals surface area contributed by atoms with Crippen LogP contribution >= 0.6 is 0 Å². The number of carbonyl (C=O) groups is 1. The number of hydrogen-bond acceptors (Lipinski definition) is 8. The van der Waals surface area contributed by atoms with E-state index in [9.17, 15) is 4.79 Å². The van der Waals surface area contributed by atoms with Crippen molar-refractivity contribution < 1.29 is 9.53 Å². The molecular formula is C23H27N9O2. The Labute approximate surface area is 196 Å². The first-order valence-corrected chi connectivity index (χ1v) is 11.4. The number of methoxy groups -OCH3 is 1. The van der Waals surface area contributed by atoms with Crippen LogP contribution < -0.4 is 11.1 Å². The molecule has 1 amide bonds. The number of nitrogens with zero attached hydrogens (tertiary/aromatic N) is 7. The first-order valence-electron chi connectivity index (χ1n) is 11.4. The number of anilines is 1. The van der Waals surface area contributed by atoms with E-state index in [1.54, 1.807) is 30.3 Å². The van der Waals surface area contributed by atoms with Crippen molar-refractivity contribution in [2.75, 3.05) is 19.5 Å². The molecule has 0 bridgehead atoms. The maximum absolute atomic E-state index is 13.3. The number of rotatable bonds is 7. The Kier molecular flexibility index (Phi) is 6.17. The van der Waals surface area contributed by atoms with Gasteiger partial charge in [-0.1, -0.05) is 0 Å². The molecule has 0 unspecified atom stereocenters. The highest BCUT2D eigenvalue weighted by atomic mass is 16.5. The van der Waals surface area contributed by atoms with Gasteiger partial charge in [0, 0.05) is 43.6 Å². The summed E-state index contributed by atoms with van der Waals surface area (Å²) in [6, 6.07) is 5.63. The molecule has 5 rings (SSSR count). The molecule has 11 nitrogen and oxygen atoms in total. The molecule has 3 N–H and O–H groups in total. The molecule has 0 spiro atoms. The van der Waals surface area contributed by atoms with E-state index in [2.05, 4.69) is 35.1 Å². The number of nitrogens with two attached hydrogens (primary N) is 1. The quantitative estimate of drug-likeness (QED) is 0.426. The Morgan fingerprint density at radius 3 is 2.79 bits per heavy atom. The largest absolute Gasteiger partial charge is 0.383 e. The smallest absolute Gasteiger partial charge is 0.253 e. The average molecular weight is 462 g/mol. The van der Waals surface area contributed by atoms with Gasteiger partial charge in [0.25, 0.3) is 5.91 Å². The van der Waals surface area contributed by atoms with Gasteiger partial charge in [0.15, 0.2) is 5.82 Å². The Morgan fingerprint density at radius 2 is 2.03 bits per heavy atom. The van der Waals surface area contributed by atoms with Crippen molar-refractivity contribution in [1.82, 2.24) is 39.7 Å². The number of pyridine rings is 1. The molecule has 0 aliphatic heterocycles. The van der Waals surface area contributed by atoms with Crippen molar-refractivity contribution in [3.8, 4) is 11.3 Å². The third-order valence-electron chi connectivity index (χ3n) is 6.41. The molecule has 0 aromatic carbocycles. The number of ether oxygens (including phenoxy) is 1. The number of fused-ring (bicyclic) bond motifs is 1. The third kappa shape index (κ3) is 4.21. The van der Waals surface area contributed by atoms with E-state index in [0.717, 1.165) is 49.3 Å². The van der Waals surface area contributed by atoms with Crippen LogP contribution in [0.1, 0.15) is 47.8 Å². The second-order valence-electron chi connectivity index (χ2n) is 8.48. The van der Waals surface area contributed by atoms with Gasteiger partial charge in [-0.25, -0.2) is 9.50 Å². The van der Waals surface area contributed by atoms with Gasteiger partial charge >= 0.3 is 0 Å². The zero-order valence-corrected chi connectivity index (χ0v) is 19.0. The van der Waals surface area contributed by atoms with Crippen molar-refractivity contribution in [3.63, 3.8) is 0 Å². The van der Waals surface area contributed by atoms with E-state index in [-0.39, 0.29) is 17.8 Å². The molecule has 1 aliphatic rings. The van der Waals surface area contributed by atoms with Crippen LogP contribution in [-0.4, -0.2) is 60.0 Å². The van der Waals surface area contributed by atoms with Gasteiger partial charge in [0.2, 0.25) is 0 Å². The van der Waals surface area contributed by atoms with Gasteiger partial charge in [-0.3, -0.25) is 9.78 Å². The van der Waals surface area contributed by atoms with Crippen LogP contribution in [0.4, 0.5) is 5.82 Å². The fourth-order valence-corrected chi connectivity index (χ4v) is 4.67. The highest BCUT2D eigenvalue weighted by molar-refractivity contribution is 6.05. The van der Waals surface area contributed by atoms with E-state index in [1.165, 1.54) is 6.33 Å². The minimum Gasteiger partial charge on any atom is -0.383 e. The summed E-state index contributed by atoms with van der Waals surface area (Å²) in [5.74, 6) is 1.41. The maximum atomic E-state index is 13.3. The van der Waals surface area contributed by atoms with Gasteiger partial charge in [0.1, 0.15) is 24.0 Å². The molecule has 4 aromatic rings. The molecule has 0 radical (unpaired) electrons. The molecule has 1 aliphatic carbocycles. The Hall–Kier alpha value is -3.86.